The topological polar surface area (TPSA) is 34.1 Å². The van der Waals surface area contributed by atoms with Crippen molar-refractivity contribution in [3.05, 3.63) is 0 Å². The molecule has 2 heteroatoms. The van der Waals surface area contributed by atoms with Gasteiger partial charge in [-0.2, -0.15) is 0 Å². The fraction of sp³-hybridized carbons (Fsp3) is 0.750. The van der Waals surface area contributed by atoms with E-state index in [-0.39, 0.29) is 17.5 Å². The Bertz CT molecular complexity index is 187. The maximum absolute atomic E-state index is 11.0. The number of hydrogen-bond acceptors (Lipinski definition) is 2. The maximum Gasteiger partial charge on any atom is 0.143 e. The molecule has 0 radical (unpaired) electrons. The van der Waals surface area contributed by atoms with Gasteiger partial charge < -0.3 is 0 Å². The van der Waals surface area contributed by atoms with Crippen LogP contribution in [0.15, 0.2) is 0 Å². The summed E-state index contributed by atoms with van der Waals surface area (Å²) in [4.78, 5) is 22.1. The number of carbonyl (C=O) groups excluding carboxylic acids is 2. The van der Waals surface area contributed by atoms with Crippen molar-refractivity contribution < 1.29 is 9.59 Å². The number of ketones is 2. The molecule has 2 nitrogen and oxygen atoms in total. The van der Waals surface area contributed by atoms with Crippen molar-refractivity contribution in [1.29, 1.82) is 0 Å². The van der Waals surface area contributed by atoms with Gasteiger partial charge in [0.25, 0.3) is 0 Å². The summed E-state index contributed by atoms with van der Waals surface area (Å²) in [7, 11) is 0. The molecule has 0 aromatic rings. The van der Waals surface area contributed by atoms with Crippen molar-refractivity contribution in [3.63, 3.8) is 0 Å². The first-order chi connectivity index (χ1) is 4.77. The molecule has 2 aliphatic rings. The van der Waals surface area contributed by atoms with Crippen LogP contribution in [0.3, 0.4) is 0 Å². The molecule has 2 rings (SSSR count). The average molecular weight is 138 g/mol. The van der Waals surface area contributed by atoms with Crippen LogP contribution in [0.2, 0.25) is 0 Å². The smallest absolute Gasteiger partial charge is 0.143 e. The van der Waals surface area contributed by atoms with Crippen LogP contribution in [0.4, 0.5) is 0 Å². The van der Waals surface area contributed by atoms with E-state index in [9.17, 15) is 9.59 Å². The van der Waals surface area contributed by atoms with Gasteiger partial charge in [-0.3, -0.25) is 9.59 Å². The molecule has 0 amide bonds. The molecule has 0 saturated heterocycles. The second kappa shape index (κ2) is 1.91. The Morgan fingerprint density at radius 1 is 1.20 bits per heavy atom. The Hall–Kier alpha value is -0.660. The van der Waals surface area contributed by atoms with Crippen molar-refractivity contribution >= 4 is 11.6 Å². The molecule has 0 N–H and O–H groups in total. The molecule has 2 saturated carbocycles. The minimum atomic E-state index is -0.182. The van der Waals surface area contributed by atoms with Crippen LogP contribution in [0, 0.1) is 11.8 Å². The van der Waals surface area contributed by atoms with Crippen LogP contribution in [0.1, 0.15) is 25.7 Å². The molecule has 10 heavy (non-hydrogen) atoms. The molecule has 0 heterocycles. The molecule has 2 fully saturated rings. The summed E-state index contributed by atoms with van der Waals surface area (Å²) in [5, 5.41) is 0. The minimum absolute atomic E-state index is 0.182. The first-order valence-electron chi connectivity index (χ1n) is 3.83. The zero-order valence-electron chi connectivity index (χ0n) is 5.80. The van der Waals surface area contributed by atoms with Gasteiger partial charge in [0.05, 0.1) is 5.92 Å². The highest BCUT2D eigenvalue weighted by Gasteiger charge is 2.40. The van der Waals surface area contributed by atoms with Gasteiger partial charge in [0.15, 0.2) is 0 Å². The molecule has 2 atom stereocenters. The molecule has 0 unspecified atom stereocenters. The lowest BCUT2D eigenvalue weighted by atomic mass is 9.88. The lowest BCUT2D eigenvalue weighted by Gasteiger charge is -2.14. The number of rotatable bonds is 0. The lowest BCUT2D eigenvalue weighted by molar-refractivity contribution is -0.131. The van der Waals surface area contributed by atoms with E-state index in [1.807, 2.05) is 0 Å². The molecule has 0 aromatic carbocycles. The van der Waals surface area contributed by atoms with Crippen LogP contribution < -0.4 is 0 Å². The summed E-state index contributed by atoms with van der Waals surface area (Å²) in [6.07, 6.45) is 3.15. The van der Waals surface area contributed by atoms with E-state index >= 15 is 0 Å². The van der Waals surface area contributed by atoms with Gasteiger partial charge in [-0.25, -0.2) is 0 Å². The van der Waals surface area contributed by atoms with E-state index < -0.39 is 0 Å². The predicted molar refractivity (Wildman–Crippen MR) is 35.5 cm³/mol. The van der Waals surface area contributed by atoms with Crippen molar-refractivity contribution in [2.45, 2.75) is 25.7 Å². The summed E-state index contributed by atoms with van der Waals surface area (Å²) in [5.74, 6) is 0.764. The van der Waals surface area contributed by atoms with E-state index in [4.69, 9.17) is 0 Å². The number of carbonyl (C=O) groups is 2. The zero-order valence-corrected chi connectivity index (χ0v) is 5.80. The Morgan fingerprint density at radius 3 is 2.70 bits per heavy atom. The number of fused-ring (bicyclic) bond motifs is 2. The van der Waals surface area contributed by atoms with E-state index in [0.29, 0.717) is 18.8 Å². The second-order valence-corrected chi connectivity index (χ2v) is 3.33. The Balaban J connectivity index is 2.25. The summed E-state index contributed by atoms with van der Waals surface area (Å²) in [5.41, 5.74) is 0. The third-order valence-electron chi connectivity index (χ3n) is 2.64. The molecule has 2 aliphatic carbocycles. The third-order valence-corrected chi connectivity index (χ3v) is 2.64. The number of Topliss-reactive ketones (excluding diaryl/α,β-unsaturated/α-hetero) is 2. The zero-order chi connectivity index (χ0) is 7.14. The quantitative estimate of drug-likeness (QED) is 0.467. The van der Waals surface area contributed by atoms with Gasteiger partial charge in [0.2, 0.25) is 0 Å². The molecular weight excluding hydrogens is 128 g/mol. The van der Waals surface area contributed by atoms with Crippen LogP contribution in [0.25, 0.3) is 0 Å². The first-order valence-corrected chi connectivity index (χ1v) is 3.83. The van der Waals surface area contributed by atoms with Crippen molar-refractivity contribution in [2.24, 2.45) is 11.8 Å². The SMILES string of the molecule is O=C1CC[C@H]2CC(=O)[C@H]1C2. The van der Waals surface area contributed by atoms with Crippen LogP contribution in [0.5, 0.6) is 0 Å². The fourth-order valence-electron chi connectivity index (χ4n) is 2.03. The van der Waals surface area contributed by atoms with Gasteiger partial charge in [-0.15, -0.1) is 0 Å². The molecular formula is C8H10O2. The van der Waals surface area contributed by atoms with Crippen LogP contribution in [-0.4, -0.2) is 11.6 Å². The number of hydrogen-bond donors (Lipinski definition) is 0. The highest BCUT2D eigenvalue weighted by Crippen LogP contribution is 2.37. The van der Waals surface area contributed by atoms with Gasteiger partial charge >= 0.3 is 0 Å². The van der Waals surface area contributed by atoms with E-state index in [1.165, 1.54) is 0 Å². The fourth-order valence-corrected chi connectivity index (χ4v) is 2.03. The van der Waals surface area contributed by atoms with Crippen LogP contribution >= 0.6 is 0 Å². The Labute approximate surface area is 59.6 Å². The van der Waals surface area contributed by atoms with Gasteiger partial charge in [0.1, 0.15) is 11.6 Å². The second-order valence-electron chi connectivity index (χ2n) is 3.33. The van der Waals surface area contributed by atoms with Gasteiger partial charge in [-0.05, 0) is 18.8 Å². The summed E-state index contributed by atoms with van der Waals surface area (Å²) >= 11 is 0. The first kappa shape index (κ1) is 6.08. The van der Waals surface area contributed by atoms with Crippen LogP contribution in [-0.2, 0) is 9.59 Å². The monoisotopic (exact) mass is 138 g/mol. The molecule has 0 aliphatic heterocycles. The van der Waals surface area contributed by atoms with Crippen molar-refractivity contribution in [2.75, 3.05) is 0 Å². The normalized spacial score (nSPS) is 38.8. The van der Waals surface area contributed by atoms with E-state index in [1.54, 1.807) is 0 Å². The standard InChI is InChI=1S/C8H10O2/c9-7-2-1-5-3-6(7)8(10)4-5/h5-6H,1-4H2/t5-,6+/m1/s1. The van der Waals surface area contributed by atoms with Gasteiger partial charge in [-0.1, -0.05) is 0 Å². The molecule has 0 spiro atoms. The Morgan fingerprint density at radius 2 is 2.00 bits per heavy atom. The highest BCUT2D eigenvalue weighted by molar-refractivity contribution is 6.04. The third kappa shape index (κ3) is 0.713. The lowest BCUT2D eigenvalue weighted by Crippen LogP contribution is -2.20. The summed E-state index contributed by atoms with van der Waals surface area (Å²) in [6, 6.07) is 0. The van der Waals surface area contributed by atoms with Gasteiger partial charge in [0, 0.05) is 12.8 Å². The largest absolute Gasteiger partial charge is 0.299 e. The molecule has 0 aromatic heterocycles. The average Bonchev–Trinajstić information content (AvgIpc) is 2.21. The summed E-state index contributed by atoms with van der Waals surface area (Å²) < 4.78 is 0. The Kier molecular flexibility index (Phi) is 1.16. The minimum Gasteiger partial charge on any atom is -0.299 e. The van der Waals surface area contributed by atoms with Crippen molar-refractivity contribution in [1.82, 2.24) is 0 Å². The predicted octanol–water partition coefficient (Wildman–Crippen LogP) is 0.945. The van der Waals surface area contributed by atoms with E-state index in [2.05, 4.69) is 0 Å². The molecule has 54 valence electrons. The summed E-state index contributed by atoms with van der Waals surface area (Å²) in [6.45, 7) is 0. The van der Waals surface area contributed by atoms with Crippen molar-refractivity contribution in [3.8, 4) is 0 Å². The van der Waals surface area contributed by atoms with E-state index in [0.717, 1.165) is 12.8 Å². The highest BCUT2D eigenvalue weighted by atomic mass is 16.2. The molecule has 2 bridgehead atoms. The maximum atomic E-state index is 11.0.